The minimum atomic E-state index is -4.11. The van der Waals surface area contributed by atoms with E-state index in [9.17, 15) is 18.0 Å². The van der Waals surface area contributed by atoms with Crippen LogP contribution in [0.2, 0.25) is 0 Å². The lowest BCUT2D eigenvalue weighted by molar-refractivity contribution is -0.146. The van der Waals surface area contributed by atoms with Crippen LogP contribution in [0.3, 0.4) is 0 Å². The topological polar surface area (TPSA) is 32.8 Å². The molecule has 7 heteroatoms. The second kappa shape index (κ2) is 8.09. The fourth-order valence-corrected chi connectivity index (χ4v) is 4.33. The molecule has 2 fully saturated rings. The molecule has 2 heterocycles. The third-order valence-corrected chi connectivity index (χ3v) is 5.70. The molecule has 1 aromatic carbocycles. The summed E-state index contributed by atoms with van der Waals surface area (Å²) in [4.78, 5) is 17.1. The molecular weight excluding hydrogens is 357 g/mol. The summed E-state index contributed by atoms with van der Waals surface area (Å²) in [6, 6.07) is 7.71. The molecule has 0 aliphatic carbocycles. The van der Waals surface area contributed by atoms with Crippen LogP contribution < -0.4 is 4.74 Å². The molecule has 1 aromatic rings. The first kappa shape index (κ1) is 20.0. The van der Waals surface area contributed by atoms with Crippen molar-refractivity contribution in [2.24, 2.45) is 5.41 Å². The summed E-state index contributed by atoms with van der Waals surface area (Å²) in [6.45, 7) is 2.97. The molecule has 27 heavy (non-hydrogen) atoms. The van der Waals surface area contributed by atoms with Crippen LogP contribution in [-0.2, 0) is 11.3 Å². The van der Waals surface area contributed by atoms with Crippen molar-refractivity contribution in [3.8, 4) is 5.75 Å². The third-order valence-electron chi connectivity index (χ3n) is 5.70. The minimum Gasteiger partial charge on any atom is -0.497 e. The molecule has 0 aromatic heterocycles. The van der Waals surface area contributed by atoms with Gasteiger partial charge in [0.2, 0.25) is 5.91 Å². The van der Waals surface area contributed by atoms with E-state index in [-0.39, 0.29) is 12.3 Å². The van der Waals surface area contributed by atoms with E-state index in [2.05, 4.69) is 0 Å². The molecule has 0 saturated carbocycles. The molecule has 150 valence electrons. The lowest BCUT2D eigenvalue weighted by atomic mass is 9.78. The molecule has 1 amide bonds. The Labute approximate surface area is 158 Å². The molecule has 1 spiro atoms. The fraction of sp³-hybridized carbons (Fsp3) is 0.650. The first-order valence-electron chi connectivity index (χ1n) is 9.53. The zero-order chi connectivity index (χ0) is 19.5. The Morgan fingerprint density at radius 2 is 2.04 bits per heavy atom. The van der Waals surface area contributed by atoms with Gasteiger partial charge in [-0.3, -0.25) is 4.79 Å². The Hall–Kier alpha value is -1.76. The van der Waals surface area contributed by atoms with Crippen LogP contribution in [-0.4, -0.2) is 55.2 Å². The molecule has 0 bridgehead atoms. The molecule has 0 N–H and O–H groups in total. The van der Waals surface area contributed by atoms with E-state index in [0.717, 1.165) is 37.1 Å². The van der Waals surface area contributed by atoms with Gasteiger partial charge < -0.3 is 14.5 Å². The van der Waals surface area contributed by atoms with Crippen molar-refractivity contribution in [2.45, 2.75) is 44.8 Å². The lowest BCUT2D eigenvalue weighted by Gasteiger charge is -2.39. The number of carbonyl (C=O) groups is 1. The van der Waals surface area contributed by atoms with Gasteiger partial charge in [-0.1, -0.05) is 12.1 Å². The number of nitrogens with zero attached hydrogens (tertiary/aromatic N) is 2. The van der Waals surface area contributed by atoms with E-state index < -0.39 is 18.0 Å². The fourth-order valence-electron chi connectivity index (χ4n) is 4.33. The molecule has 1 unspecified atom stereocenters. The van der Waals surface area contributed by atoms with Crippen molar-refractivity contribution in [1.29, 1.82) is 0 Å². The van der Waals surface area contributed by atoms with Gasteiger partial charge in [-0.05, 0) is 56.5 Å². The Morgan fingerprint density at radius 1 is 1.22 bits per heavy atom. The zero-order valence-corrected chi connectivity index (χ0v) is 15.7. The molecule has 0 radical (unpaired) electrons. The minimum absolute atomic E-state index is 0.0985. The van der Waals surface area contributed by atoms with Gasteiger partial charge in [0.15, 0.2) is 0 Å². The van der Waals surface area contributed by atoms with Gasteiger partial charge in [0, 0.05) is 26.1 Å². The molecule has 3 rings (SSSR count). The number of methoxy groups -OCH3 is 1. The average Bonchev–Trinajstić information content (AvgIpc) is 3.02. The number of carbonyl (C=O) groups excluding carboxylic acids is 1. The van der Waals surface area contributed by atoms with Crippen molar-refractivity contribution in [1.82, 2.24) is 9.80 Å². The smallest absolute Gasteiger partial charge is 0.389 e. The van der Waals surface area contributed by atoms with E-state index >= 15 is 0 Å². The normalized spacial score (nSPS) is 24.0. The number of piperidine rings is 1. The van der Waals surface area contributed by atoms with Gasteiger partial charge in [-0.25, -0.2) is 0 Å². The number of ether oxygens (including phenoxy) is 1. The van der Waals surface area contributed by atoms with Gasteiger partial charge in [0.1, 0.15) is 5.75 Å². The van der Waals surface area contributed by atoms with Crippen LogP contribution in [0.5, 0.6) is 5.75 Å². The highest BCUT2D eigenvalue weighted by molar-refractivity contribution is 5.84. The lowest BCUT2D eigenvalue weighted by Crippen LogP contribution is -2.49. The van der Waals surface area contributed by atoms with Crippen LogP contribution in [0.15, 0.2) is 24.3 Å². The number of halogens is 3. The third kappa shape index (κ3) is 4.94. The van der Waals surface area contributed by atoms with Crippen LogP contribution >= 0.6 is 0 Å². The van der Waals surface area contributed by atoms with E-state index in [0.29, 0.717) is 26.2 Å². The Bertz CT molecular complexity index is 665. The second-order valence-electron chi connectivity index (χ2n) is 7.71. The predicted octanol–water partition coefficient (Wildman–Crippen LogP) is 3.85. The summed E-state index contributed by atoms with van der Waals surface area (Å²) in [7, 11) is 1.62. The summed E-state index contributed by atoms with van der Waals surface area (Å²) >= 11 is 0. The summed E-state index contributed by atoms with van der Waals surface area (Å²) in [6.07, 6.45) is -2.26. The van der Waals surface area contributed by atoms with Crippen LogP contribution in [0.25, 0.3) is 0 Å². The highest BCUT2D eigenvalue weighted by Crippen LogP contribution is 2.40. The molecular formula is C20H27F3N2O2. The summed E-state index contributed by atoms with van der Waals surface area (Å²) in [5.41, 5.74) is 0.606. The van der Waals surface area contributed by atoms with Crippen molar-refractivity contribution in [3.63, 3.8) is 0 Å². The highest BCUT2D eigenvalue weighted by atomic mass is 19.4. The van der Waals surface area contributed by atoms with Crippen LogP contribution in [0.4, 0.5) is 13.2 Å². The second-order valence-corrected chi connectivity index (χ2v) is 7.71. The van der Waals surface area contributed by atoms with Gasteiger partial charge in [-0.15, -0.1) is 0 Å². The maximum absolute atomic E-state index is 13.2. The molecule has 2 saturated heterocycles. The number of alkyl halides is 3. The number of benzene rings is 1. The first-order chi connectivity index (χ1) is 12.8. The summed E-state index contributed by atoms with van der Waals surface area (Å²) in [5, 5.41) is 0. The number of likely N-dealkylation sites (tertiary alicyclic amines) is 2. The number of hydrogen-bond acceptors (Lipinski definition) is 3. The van der Waals surface area contributed by atoms with Crippen LogP contribution in [0, 0.1) is 5.41 Å². The van der Waals surface area contributed by atoms with Crippen molar-refractivity contribution < 1.29 is 22.7 Å². The molecule has 1 atom stereocenters. The summed E-state index contributed by atoms with van der Waals surface area (Å²) < 4.78 is 42.3. The Balaban J connectivity index is 1.59. The maximum Gasteiger partial charge on any atom is 0.389 e. The van der Waals surface area contributed by atoms with Gasteiger partial charge >= 0.3 is 6.18 Å². The molecule has 2 aliphatic heterocycles. The Kier molecular flexibility index (Phi) is 5.99. The van der Waals surface area contributed by atoms with Crippen molar-refractivity contribution >= 4 is 5.91 Å². The SMILES string of the molecule is COc1cccc(CN2CCCC3(CCN(CCCC(F)(F)F)C3)C2=O)c1. The maximum atomic E-state index is 13.2. The number of hydrogen-bond donors (Lipinski definition) is 0. The molecule has 4 nitrogen and oxygen atoms in total. The average molecular weight is 384 g/mol. The van der Waals surface area contributed by atoms with E-state index in [1.54, 1.807) is 7.11 Å². The standard InChI is InChI=1S/C20H27F3N2O2/c1-27-17-6-2-5-16(13-17)14-25-11-3-7-19(18(25)26)9-12-24(15-19)10-4-8-20(21,22)23/h2,5-6,13H,3-4,7-12,14-15H2,1H3. The largest absolute Gasteiger partial charge is 0.497 e. The van der Waals surface area contributed by atoms with Gasteiger partial charge in [0.05, 0.1) is 12.5 Å². The first-order valence-corrected chi connectivity index (χ1v) is 9.53. The van der Waals surface area contributed by atoms with E-state index in [1.807, 2.05) is 34.1 Å². The quantitative estimate of drug-likeness (QED) is 0.747. The monoisotopic (exact) mass is 384 g/mol. The van der Waals surface area contributed by atoms with Crippen LogP contribution in [0.1, 0.15) is 37.7 Å². The van der Waals surface area contributed by atoms with Gasteiger partial charge in [0.25, 0.3) is 0 Å². The van der Waals surface area contributed by atoms with E-state index in [1.165, 1.54) is 0 Å². The number of amides is 1. The summed E-state index contributed by atoms with van der Waals surface area (Å²) in [5.74, 6) is 0.915. The van der Waals surface area contributed by atoms with Gasteiger partial charge in [-0.2, -0.15) is 13.2 Å². The number of rotatable bonds is 6. The van der Waals surface area contributed by atoms with Crippen molar-refractivity contribution in [3.05, 3.63) is 29.8 Å². The predicted molar refractivity (Wildman–Crippen MR) is 96.4 cm³/mol. The zero-order valence-electron chi connectivity index (χ0n) is 15.7. The van der Waals surface area contributed by atoms with E-state index in [4.69, 9.17) is 4.74 Å². The van der Waals surface area contributed by atoms with Crippen molar-refractivity contribution in [2.75, 3.05) is 33.3 Å². The molecule has 2 aliphatic rings. The Morgan fingerprint density at radius 3 is 2.78 bits per heavy atom. The highest BCUT2D eigenvalue weighted by Gasteiger charge is 2.48.